The lowest BCUT2D eigenvalue weighted by molar-refractivity contribution is -0.132. The van der Waals surface area contributed by atoms with Crippen LogP contribution in [0, 0.1) is 12.8 Å². The second-order valence-corrected chi connectivity index (χ2v) is 5.41. The molecule has 2 nitrogen and oxygen atoms in total. The summed E-state index contributed by atoms with van der Waals surface area (Å²) < 4.78 is 0. The van der Waals surface area contributed by atoms with Crippen LogP contribution in [0.25, 0.3) is 0 Å². The summed E-state index contributed by atoms with van der Waals surface area (Å²) in [5, 5.41) is 0. The number of halogens is 1. The highest BCUT2D eigenvalue weighted by molar-refractivity contribution is 6.18. The minimum atomic E-state index is 0.235. The number of carbonyl (C=O) groups excluding carboxylic acids is 1. The number of carbonyl (C=O) groups is 1. The molecule has 1 amide bonds. The predicted octanol–water partition coefficient (Wildman–Crippen LogP) is 3.01. The van der Waals surface area contributed by atoms with E-state index in [1.807, 2.05) is 23.1 Å². The Hall–Kier alpha value is -1.02. The van der Waals surface area contributed by atoms with Gasteiger partial charge in [0.15, 0.2) is 0 Å². The van der Waals surface area contributed by atoms with Crippen molar-refractivity contribution in [3.63, 3.8) is 0 Å². The maximum atomic E-state index is 12.3. The van der Waals surface area contributed by atoms with E-state index in [1.54, 1.807) is 0 Å². The second kappa shape index (κ2) is 6.24. The minimum absolute atomic E-state index is 0.235. The van der Waals surface area contributed by atoms with E-state index in [0.29, 0.717) is 18.2 Å². The van der Waals surface area contributed by atoms with Crippen molar-refractivity contribution in [2.45, 2.75) is 26.2 Å². The molecule has 18 heavy (non-hydrogen) atoms. The average Bonchev–Trinajstić information content (AvgIpc) is 2.41. The van der Waals surface area contributed by atoms with Gasteiger partial charge >= 0.3 is 0 Å². The van der Waals surface area contributed by atoms with Crippen LogP contribution in [0.5, 0.6) is 0 Å². The Balaban J connectivity index is 1.97. The summed E-state index contributed by atoms with van der Waals surface area (Å²) in [7, 11) is 0. The zero-order chi connectivity index (χ0) is 13.0. The van der Waals surface area contributed by atoms with Gasteiger partial charge in [0.1, 0.15) is 0 Å². The number of amides is 1. The van der Waals surface area contributed by atoms with E-state index < -0.39 is 0 Å². The molecule has 1 aromatic rings. The van der Waals surface area contributed by atoms with Crippen LogP contribution >= 0.6 is 11.6 Å². The van der Waals surface area contributed by atoms with Gasteiger partial charge in [-0.2, -0.15) is 0 Å². The number of nitrogens with zero attached hydrogens (tertiary/aromatic N) is 1. The van der Waals surface area contributed by atoms with E-state index in [9.17, 15) is 4.79 Å². The smallest absolute Gasteiger partial charge is 0.227 e. The summed E-state index contributed by atoms with van der Waals surface area (Å²) in [5.41, 5.74) is 2.33. The molecule has 1 unspecified atom stereocenters. The van der Waals surface area contributed by atoms with E-state index in [1.165, 1.54) is 5.56 Å². The highest BCUT2D eigenvalue weighted by Gasteiger charge is 2.23. The predicted molar refractivity (Wildman–Crippen MR) is 74.9 cm³/mol. The van der Waals surface area contributed by atoms with Gasteiger partial charge in [0.25, 0.3) is 0 Å². The Kier molecular flexibility index (Phi) is 4.65. The normalized spacial score (nSPS) is 19.9. The molecule has 1 fully saturated rings. The first kappa shape index (κ1) is 13.4. The van der Waals surface area contributed by atoms with E-state index in [0.717, 1.165) is 31.5 Å². The van der Waals surface area contributed by atoms with Crippen molar-refractivity contribution in [2.24, 2.45) is 5.92 Å². The lowest BCUT2D eigenvalue weighted by Gasteiger charge is -2.32. The highest BCUT2D eigenvalue weighted by Crippen LogP contribution is 2.19. The zero-order valence-electron chi connectivity index (χ0n) is 10.9. The molecule has 1 atom stereocenters. The number of hydrogen-bond acceptors (Lipinski definition) is 1. The quantitative estimate of drug-likeness (QED) is 0.770. The molecule has 1 aliphatic rings. The molecule has 1 saturated heterocycles. The number of benzene rings is 1. The molecule has 0 saturated carbocycles. The maximum absolute atomic E-state index is 12.3. The molecule has 1 aliphatic heterocycles. The number of rotatable bonds is 3. The Bertz CT molecular complexity index is 419. The van der Waals surface area contributed by atoms with E-state index in [-0.39, 0.29) is 5.91 Å². The van der Waals surface area contributed by atoms with Crippen LogP contribution < -0.4 is 0 Å². The summed E-state index contributed by atoms with van der Waals surface area (Å²) in [6.45, 7) is 3.77. The summed E-state index contributed by atoms with van der Waals surface area (Å²) in [5.74, 6) is 1.37. The zero-order valence-corrected chi connectivity index (χ0v) is 11.6. The SMILES string of the molecule is Cc1ccccc1CC(=O)N1CCCC(CCl)C1. The van der Waals surface area contributed by atoms with Gasteiger partial charge in [0, 0.05) is 19.0 Å². The van der Waals surface area contributed by atoms with Crippen LogP contribution in [0.2, 0.25) is 0 Å². The molecule has 0 N–H and O–H groups in total. The van der Waals surface area contributed by atoms with Gasteiger partial charge < -0.3 is 4.90 Å². The van der Waals surface area contributed by atoms with Gasteiger partial charge in [0.05, 0.1) is 6.42 Å². The van der Waals surface area contributed by atoms with Crippen molar-refractivity contribution >= 4 is 17.5 Å². The third-order valence-electron chi connectivity index (χ3n) is 3.69. The van der Waals surface area contributed by atoms with Crippen LogP contribution in [-0.2, 0) is 11.2 Å². The first-order chi connectivity index (χ1) is 8.70. The second-order valence-electron chi connectivity index (χ2n) is 5.11. The average molecular weight is 266 g/mol. The summed E-state index contributed by atoms with van der Waals surface area (Å²) in [6, 6.07) is 8.09. The molecule has 1 heterocycles. The number of aryl methyl sites for hydroxylation is 1. The molecule has 0 spiro atoms. The standard InChI is InChI=1S/C15H20ClNO/c1-12-5-2-3-7-14(12)9-15(18)17-8-4-6-13(10-16)11-17/h2-3,5,7,13H,4,6,8-11H2,1H3. The van der Waals surface area contributed by atoms with Gasteiger partial charge in [-0.05, 0) is 36.8 Å². The maximum Gasteiger partial charge on any atom is 0.227 e. The van der Waals surface area contributed by atoms with Gasteiger partial charge in [-0.15, -0.1) is 11.6 Å². The van der Waals surface area contributed by atoms with Crippen molar-refractivity contribution in [3.05, 3.63) is 35.4 Å². The van der Waals surface area contributed by atoms with Gasteiger partial charge in [-0.3, -0.25) is 4.79 Å². The lowest BCUT2D eigenvalue weighted by Crippen LogP contribution is -2.41. The molecular weight excluding hydrogens is 246 g/mol. The molecule has 3 heteroatoms. The summed E-state index contributed by atoms with van der Waals surface area (Å²) in [4.78, 5) is 14.2. The number of alkyl halides is 1. The summed E-state index contributed by atoms with van der Waals surface area (Å²) in [6.07, 6.45) is 2.75. The molecule has 2 rings (SSSR count). The topological polar surface area (TPSA) is 20.3 Å². The molecule has 0 bridgehead atoms. The van der Waals surface area contributed by atoms with Crippen molar-refractivity contribution < 1.29 is 4.79 Å². The Morgan fingerprint density at radius 2 is 2.22 bits per heavy atom. The van der Waals surface area contributed by atoms with Gasteiger partial charge in [-0.1, -0.05) is 24.3 Å². The van der Waals surface area contributed by atoms with Crippen molar-refractivity contribution in [3.8, 4) is 0 Å². The molecular formula is C15H20ClNO. The molecule has 0 aromatic heterocycles. The fourth-order valence-corrected chi connectivity index (χ4v) is 2.75. The highest BCUT2D eigenvalue weighted by atomic mass is 35.5. The van der Waals surface area contributed by atoms with Crippen LogP contribution in [0.4, 0.5) is 0 Å². The van der Waals surface area contributed by atoms with E-state index in [2.05, 4.69) is 13.0 Å². The van der Waals surface area contributed by atoms with Crippen LogP contribution in [0.3, 0.4) is 0 Å². The van der Waals surface area contributed by atoms with Crippen molar-refractivity contribution in [1.29, 1.82) is 0 Å². The fourth-order valence-electron chi connectivity index (χ4n) is 2.50. The third kappa shape index (κ3) is 3.26. The molecule has 0 aliphatic carbocycles. The fraction of sp³-hybridized carbons (Fsp3) is 0.533. The molecule has 0 radical (unpaired) electrons. The van der Waals surface area contributed by atoms with Crippen LogP contribution in [0.15, 0.2) is 24.3 Å². The summed E-state index contributed by atoms with van der Waals surface area (Å²) >= 11 is 5.90. The Labute approximate surface area is 114 Å². The van der Waals surface area contributed by atoms with Crippen LogP contribution in [0.1, 0.15) is 24.0 Å². The Morgan fingerprint density at radius 3 is 2.94 bits per heavy atom. The van der Waals surface area contributed by atoms with E-state index >= 15 is 0 Å². The molecule has 1 aromatic carbocycles. The third-order valence-corrected chi connectivity index (χ3v) is 4.13. The number of hydrogen-bond donors (Lipinski definition) is 0. The van der Waals surface area contributed by atoms with Crippen molar-refractivity contribution in [1.82, 2.24) is 4.90 Å². The Morgan fingerprint density at radius 1 is 1.44 bits per heavy atom. The lowest BCUT2D eigenvalue weighted by atomic mass is 9.98. The largest absolute Gasteiger partial charge is 0.342 e. The van der Waals surface area contributed by atoms with Gasteiger partial charge in [-0.25, -0.2) is 0 Å². The number of piperidine rings is 1. The molecule has 98 valence electrons. The van der Waals surface area contributed by atoms with E-state index in [4.69, 9.17) is 11.6 Å². The van der Waals surface area contributed by atoms with Crippen molar-refractivity contribution in [2.75, 3.05) is 19.0 Å². The number of likely N-dealkylation sites (tertiary alicyclic amines) is 1. The van der Waals surface area contributed by atoms with Crippen LogP contribution in [-0.4, -0.2) is 29.8 Å². The van der Waals surface area contributed by atoms with Gasteiger partial charge in [0.2, 0.25) is 5.91 Å². The first-order valence-electron chi connectivity index (χ1n) is 6.59. The first-order valence-corrected chi connectivity index (χ1v) is 7.12. The minimum Gasteiger partial charge on any atom is -0.342 e. The monoisotopic (exact) mass is 265 g/mol.